The van der Waals surface area contributed by atoms with Crippen LogP contribution in [-0.4, -0.2) is 17.5 Å². The molecule has 1 heterocycles. The van der Waals surface area contributed by atoms with E-state index in [9.17, 15) is 4.79 Å². The molecule has 0 radical (unpaired) electrons. The highest BCUT2D eigenvalue weighted by Gasteiger charge is 2.10. The fourth-order valence-corrected chi connectivity index (χ4v) is 3.68. The third-order valence-corrected chi connectivity index (χ3v) is 4.77. The quantitative estimate of drug-likeness (QED) is 0.654. The van der Waals surface area contributed by atoms with Crippen molar-refractivity contribution in [1.82, 2.24) is 4.98 Å². The Morgan fingerprint density at radius 2 is 2.17 bits per heavy atom. The standard InChI is InChI=1S/C16H12BrClN2O2S/c1-9-2-4-12-14(6-9)23-16(19-12)20-15(21)8-22-13-5-3-10(17)7-11(13)18/h2-7H,8H2,1H3,(H,19,20,21). The molecule has 0 saturated carbocycles. The van der Waals surface area contributed by atoms with Crippen LogP contribution in [0.2, 0.25) is 5.02 Å². The van der Waals surface area contributed by atoms with Crippen molar-refractivity contribution >= 4 is 60.1 Å². The summed E-state index contributed by atoms with van der Waals surface area (Å²) in [6.07, 6.45) is 0. The fraction of sp³-hybridized carbons (Fsp3) is 0.125. The summed E-state index contributed by atoms with van der Waals surface area (Å²) in [7, 11) is 0. The maximum Gasteiger partial charge on any atom is 0.264 e. The number of anilines is 1. The van der Waals surface area contributed by atoms with E-state index in [-0.39, 0.29) is 12.5 Å². The van der Waals surface area contributed by atoms with Crippen molar-refractivity contribution < 1.29 is 9.53 Å². The molecule has 3 rings (SSSR count). The van der Waals surface area contributed by atoms with Gasteiger partial charge in [-0.15, -0.1) is 0 Å². The molecule has 0 unspecified atom stereocenters. The number of thiazole rings is 1. The lowest BCUT2D eigenvalue weighted by Gasteiger charge is -2.07. The molecule has 118 valence electrons. The number of benzene rings is 2. The second-order valence-corrected chi connectivity index (χ2v) is 7.26. The zero-order valence-corrected chi connectivity index (χ0v) is 15.3. The van der Waals surface area contributed by atoms with E-state index in [0.717, 1.165) is 20.3 Å². The summed E-state index contributed by atoms with van der Waals surface area (Å²) in [5.74, 6) is 0.185. The van der Waals surface area contributed by atoms with Gasteiger partial charge >= 0.3 is 0 Å². The molecule has 0 atom stereocenters. The van der Waals surface area contributed by atoms with Crippen LogP contribution in [0.25, 0.3) is 10.2 Å². The van der Waals surface area contributed by atoms with Gasteiger partial charge in [0.1, 0.15) is 5.75 Å². The summed E-state index contributed by atoms with van der Waals surface area (Å²) in [6, 6.07) is 11.2. The van der Waals surface area contributed by atoms with E-state index in [1.807, 2.05) is 25.1 Å². The summed E-state index contributed by atoms with van der Waals surface area (Å²) < 4.78 is 7.32. The van der Waals surface area contributed by atoms with Crippen LogP contribution in [0, 0.1) is 6.92 Å². The van der Waals surface area contributed by atoms with Crippen molar-refractivity contribution in [2.24, 2.45) is 0 Å². The average Bonchev–Trinajstić information content (AvgIpc) is 2.87. The van der Waals surface area contributed by atoms with E-state index in [0.29, 0.717) is 15.9 Å². The van der Waals surface area contributed by atoms with E-state index < -0.39 is 0 Å². The number of aromatic nitrogens is 1. The van der Waals surface area contributed by atoms with Crippen LogP contribution in [0.4, 0.5) is 5.13 Å². The number of hydrogen-bond acceptors (Lipinski definition) is 4. The number of halogens is 2. The molecule has 0 aliphatic rings. The molecule has 0 spiro atoms. The summed E-state index contributed by atoms with van der Waals surface area (Å²) in [6.45, 7) is 1.89. The number of ether oxygens (including phenoxy) is 1. The smallest absolute Gasteiger partial charge is 0.264 e. The van der Waals surface area contributed by atoms with Gasteiger partial charge in [0.05, 0.1) is 15.2 Å². The van der Waals surface area contributed by atoms with Crippen molar-refractivity contribution in [2.75, 3.05) is 11.9 Å². The van der Waals surface area contributed by atoms with Crippen LogP contribution < -0.4 is 10.1 Å². The Kier molecular flexibility index (Phi) is 4.84. The van der Waals surface area contributed by atoms with Crippen LogP contribution >= 0.6 is 38.9 Å². The molecule has 0 bridgehead atoms. The molecule has 0 aliphatic heterocycles. The molecule has 23 heavy (non-hydrogen) atoms. The number of carbonyl (C=O) groups excluding carboxylic acids is 1. The van der Waals surface area contributed by atoms with E-state index >= 15 is 0 Å². The predicted octanol–water partition coefficient (Wildman–Crippen LogP) is 5.04. The van der Waals surface area contributed by atoms with Gasteiger partial charge in [0.25, 0.3) is 5.91 Å². The van der Waals surface area contributed by atoms with E-state index in [1.54, 1.807) is 18.2 Å². The van der Waals surface area contributed by atoms with Gasteiger partial charge in [0.2, 0.25) is 0 Å². The van der Waals surface area contributed by atoms with Crippen molar-refractivity contribution in [3.05, 3.63) is 51.5 Å². The molecule has 3 aromatic rings. The maximum absolute atomic E-state index is 12.0. The first-order valence-electron chi connectivity index (χ1n) is 6.76. The van der Waals surface area contributed by atoms with E-state index in [2.05, 4.69) is 26.2 Å². The lowest BCUT2D eigenvalue weighted by Crippen LogP contribution is -2.20. The lowest BCUT2D eigenvalue weighted by atomic mass is 10.2. The molecule has 2 aromatic carbocycles. The van der Waals surface area contributed by atoms with Gasteiger partial charge in [0.15, 0.2) is 11.7 Å². The predicted molar refractivity (Wildman–Crippen MR) is 97.6 cm³/mol. The molecule has 0 fully saturated rings. The first-order valence-corrected chi connectivity index (χ1v) is 8.75. The minimum atomic E-state index is -0.278. The lowest BCUT2D eigenvalue weighted by molar-refractivity contribution is -0.118. The number of carbonyl (C=O) groups is 1. The Hall–Kier alpha value is -1.63. The largest absolute Gasteiger partial charge is 0.482 e. The first kappa shape index (κ1) is 16.2. The Balaban J connectivity index is 1.64. The Bertz CT molecular complexity index is 882. The van der Waals surface area contributed by atoms with Crippen LogP contribution in [-0.2, 0) is 4.79 Å². The van der Waals surface area contributed by atoms with Gasteiger partial charge in [-0.25, -0.2) is 4.98 Å². The summed E-state index contributed by atoms with van der Waals surface area (Å²) in [5.41, 5.74) is 2.03. The number of fused-ring (bicyclic) bond motifs is 1. The molecule has 0 saturated heterocycles. The number of nitrogens with zero attached hydrogens (tertiary/aromatic N) is 1. The zero-order valence-electron chi connectivity index (χ0n) is 12.1. The minimum Gasteiger partial charge on any atom is -0.482 e. The number of aryl methyl sites for hydroxylation is 1. The van der Waals surface area contributed by atoms with Crippen LogP contribution in [0.15, 0.2) is 40.9 Å². The van der Waals surface area contributed by atoms with Gasteiger partial charge in [-0.1, -0.05) is 44.9 Å². The monoisotopic (exact) mass is 410 g/mol. The van der Waals surface area contributed by atoms with Gasteiger partial charge < -0.3 is 4.74 Å². The minimum absolute atomic E-state index is 0.129. The van der Waals surface area contributed by atoms with E-state index in [1.165, 1.54) is 11.3 Å². The molecule has 1 aromatic heterocycles. The van der Waals surface area contributed by atoms with Gasteiger partial charge in [-0.2, -0.15) is 0 Å². The summed E-state index contributed by atoms with van der Waals surface area (Å²) in [5, 5.41) is 3.75. The highest BCUT2D eigenvalue weighted by atomic mass is 79.9. The molecule has 7 heteroatoms. The third kappa shape index (κ3) is 4.02. The fourth-order valence-electron chi connectivity index (χ4n) is 1.98. The van der Waals surface area contributed by atoms with Crippen molar-refractivity contribution in [2.45, 2.75) is 6.92 Å². The van der Waals surface area contributed by atoms with Gasteiger partial charge in [-0.3, -0.25) is 10.1 Å². The van der Waals surface area contributed by atoms with Crippen LogP contribution in [0.1, 0.15) is 5.56 Å². The maximum atomic E-state index is 12.0. The average molecular weight is 412 g/mol. The number of rotatable bonds is 4. The number of nitrogens with one attached hydrogen (secondary N) is 1. The molecule has 1 N–H and O–H groups in total. The normalized spacial score (nSPS) is 10.7. The third-order valence-electron chi connectivity index (χ3n) is 3.04. The van der Waals surface area contributed by atoms with Crippen molar-refractivity contribution in [3.63, 3.8) is 0 Å². The number of hydrogen-bond donors (Lipinski definition) is 1. The summed E-state index contributed by atoms with van der Waals surface area (Å²) >= 11 is 10.8. The Morgan fingerprint density at radius 3 is 2.96 bits per heavy atom. The topological polar surface area (TPSA) is 51.2 Å². The summed E-state index contributed by atoms with van der Waals surface area (Å²) in [4.78, 5) is 16.4. The Labute approximate surface area is 150 Å². The van der Waals surface area contributed by atoms with E-state index in [4.69, 9.17) is 16.3 Å². The van der Waals surface area contributed by atoms with Crippen LogP contribution in [0.3, 0.4) is 0 Å². The second-order valence-electron chi connectivity index (χ2n) is 4.90. The molecule has 1 amide bonds. The Morgan fingerprint density at radius 1 is 1.35 bits per heavy atom. The highest BCUT2D eigenvalue weighted by Crippen LogP contribution is 2.28. The highest BCUT2D eigenvalue weighted by molar-refractivity contribution is 9.10. The van der Waals surface area contributed by atoms with Crippen LogP contribution in [0.5, 0.6) is 5.75 Å². The molecule has 0 aliphatic carbocycles. The molecule has 4 nitrogen and oxygen atoms in total. The molecular formula is C16H12BrClN2O2S. The number of amides is 1. The first-order chi connectivity index (χ1) is 11.0. The van der Waals surface area contributed by atoms with Gasteiger partial charge in [0, 0.05) is 4.47 Å². The van der Waals surface area contributed by atoms with Crippen molar-refractivity contribution in [3.8, 4) is 5.75 Å². The van der Waals surface area contributed by atoms with Crippen molar-refractivity contribution in [1.29, 1.82) is 0 Å². The van der Waals surface area contributed by atoms with Gasteiger partial charge in [-0.05, 0) is 42.8 Å². The SMILES string of the molecule is Cc1ccc2nc(NC(=O)COc3ccc(Br)cc3Cl)sc2c1. The zero-order chi connectivity index (χ0) is 16.4. The molecular weight excluding hydrogens is 400 g/mol. The second kappa shape index (κ2) is 6.86.